The van der Waals surface area contributed by atoms with Gasteiger partial charge in [-0.1, -0.05) is 30.3 Å². The van der Waals surface area contributed by atoms with Crippen molar-refractivity contribution in [2.24, 2.45) is 0 Å². The summed E-state index contributed by atoms with van der Waals surface area (Å²) in [6, 6.07) is 14.5. The summed E-state index contributed by atoms with van der Waals surface area (Å²) in [7, 11) is 0. The van der Waals surface area contributed by atoms with Crippen LogP contribution in [0.25, 0.3) is 32.5 Å². The van der Waals surface area contributed by atoms with Crippen molar-refractivity contribution in [2.45, 2.75) is 0 Å². The van der Waals surface area contributed by atoms with E-state index in [1.807, 2.05) is 29.0 Å². The summed E-state index contributed by atoms with van der Waals surface area (Å²) in [5, 5.41) is 5.79. The van der Waals surface area contributed by atoms with Crippen LogP contribution < -0.4 is 0 Å². The molecular formula is C17H11N3S2. The fraction of sp³-hybridized carbons (Fsp3) is 0. The van der Waals surface area contributed by atoms with Crippen LogP contribution in [-0.4, -0.2) is 15.0 Å². The van der Waals surface area contributed by atoms with Crippen LogP contribution in [0.2, 0.25) is 0 Å². The number of pyridine rings is 1. The van der Waals surface area contributed by atoms with E-state index in [-0.39, 0.29) is 0 Å². The molecule has 0 spiro atoms. The van der Waals surface area contributed by atoms with E-state index in [4.69, 9.17) is 4.98 Å². The minimum atomic E-state index is 0.890. The van der Waals surface area contributed by atoms with Crippen LogP contribution in [0, 0.1) is 0 Å². The van der Waals surface area contributed by atoms with E-state index in [1.54, 1.807) is 35.1 Å². The number of nitrogens with zero attached hydrogens (tertiary/aromatic N) is 3. The first-order chi connectivity index (χ1) is 10.9. The van der Waals surface area contributed by atoms with Crippen molar-refractivity contribution < 1.29 is 0 Å². The maximum Gasteiger partial charge on any atom is 0.141 e. The molecule has 0 radical (unpaired) electrons. The second kappa shape index (κ2) is 5.79. The summed E-state index contributed by atoms with van der Waals surface area (Å²) in [6.45, 7) is 0. The minimum Gasteiger partial charge on any atom is -0.243 e. The van der Waals surface area contributed by atoms with Crippen molar-refractivity contribution in [3.05, 3.63) is 65.6 Å². The molecule has 0 atom stereocenters. The molecule has 0 bridgehead atoms. The lowest BCUT2D eigenvalue weighted by molar-refractivity contribution is 1.27. The summed E-state index contributed by atoms with van der Waals surface area (Å²) in [6.07, 6.45) is 3.61. The van der Waals surface area contributed by atoms with Crippen LogP contribution in [0.4, 0.5) is 0 Å². The monoisotopic (exact) mass is 321 g/mol. The second-order valence-corrected chi connectivity index (χ2v) is 6.46. The number of aromatic nitrogens is 3. The van der Waals surface area contributed by atoms with Gasteiger partial charge in [-0.05, 0) is 23.3 Å². The van der Waals surface area contributed by atoms with E-state index in [1.165, 1.54) is 5.56 Å². The number of thiazole rings is 2. The Balaban J connectivity index is 1.91. The molecule has 22 heavy (non-hydrogen) atoms. The van der Waals surface area contributed by atoms with Gasteiger partial charge < -0.3 is 0 Å². The highest BCUT2D eigenvalue weighted by molar-refractivity contribution is 7.13. The predicted octanol–water partition coefficient (Wildman–Crippen LogP) is 5.00. The molecule has 3 heterocycles. The molecule has 0 fully saturated rings. The molecule has 3 nitrogen and oxygen atoms in total. The van der Waals surface area contributed by atoms with Gasteiger partial charge in [-0.2, -0.15) is 0 Å². The molecule has 0 N–H and O–H groups in total. The Morgan fingerprint density at radius 3 is 1.77 bits per heavy atom. The summed E-state index contributed by atoms with van der Waals surface area (Å²) < 4.78 is 0. The standard InChI is InChI=1S/C17H11N3S2/c1-2-4-12(5-3-1)13-10-14(16-18-6-8-21-16)20-15(11-13)17-19-7-9-22-17/h1-11H. The molecule has 0 aliphatic rings. The SMILES string of the molecule is c1ccc(-c2cc(-c3nccs3)nc(-c3nccs3)c2)cc1. The quantitative estimate of drug-likeness (QED) is 0.533. The maximum atomic E-state index is 4.74. The summed E-state index contributed by atoms with van der Waals surface area (Å²) in [5.41, 5.74) is 4.08. The van der Waals surface area contributed by atoms with Gasteiger partial charge in [0.1, 0.15) is 21.4 Å². The van der Waals surface area contributed by atoms with Gasteiger partial charge in [0.05, 0.1) is 0 Å². The Bertz CT molecular complexity index is 817. The third-order valence-corrected chi connectivity index (χ3v) is 4.83. The van der Waals surface area contributed by atoms with Crippen molar-refractivity contribution in [3.8, 4) is 32.5 Å². The van der Waals surface area contributed by atoms with Crippen LogP contribution in [0.3, 0.4) is 0 Å². The van der Waals surface area contributed by atoms with Crippen LogP contribution in [-0.2, 0) is 0 Å². The zero-order valence-electron chi connectivity index (χ0n) is 11.5. The first-order valence-corrected chi connectivity index (χ1v) is 8.53. The molecular weight excluding hydrogens is 310 g/mol. The fourth-order valence-electron chi connectivity index (χ4n) is 2.25. The summed E-state index contributed by atoms with van der Waals surface area (Å²) in [4.78, 5) is 13.5. The van der Waals surface area contributed by atoms with E-state index in [2.05, 4.69) is 34.2 Å². The molecule has 5 heteroatoms. The molecule has 0 saturated heterocycles. The van der Waals surface area contributed by atoms with E-state index >= 15 is 0 Å². The number of hydrogen-bond acceptors (Lipinski definition) is 5. The van der Waals surface area contributed by atoms with Crippen LogP contribution in [0.5, 0.6) is 0 Å². The van der Waals surface area contributed by atoms with E-state index in [9.17, 15) is 0 Å². The molecule has 0 amide bonds. The van der Waals surface area contributed by atoms with Gasteiger partial charge in [0.15, 0.2) is 0 Å². The van der Waals surface area contributed by atoms with Gasteiger partial charge in [-0.3, -0.25) is 0 Å². The van der Waals surface area contributed by atoms with Gasteiger partial charge in [0.25, 0.3) is 0 Å². The van der Waals surface area contributed by atoms with Gasteiger partial charge in [-0.25, -0.2) is 15.0 Å². The molecule has 4 rings (SSSR count). The van der Waals surface area contributed by atoms with Gasteiger partial charge in [0, 0.05) is 23.2 Å². The zero-order valence-corrected chi connectivity index (χ0v) is 13.1. The molecule has 1 aromatic carbocycles. The molecule has 0 unspecified atom stereocenters. The van der Waals surface area contributed by atoms with Crippen molar-refractivity contribution in [2.75, 3.05) is 0 Å². The van der Waals surface area contributed by atoms with Crippen molar-refractivity contribution in [1.29, 1.82) is 0 Å². The molecule has 4 aromatic rings. The third-order valence-electron chi connectivity index (χ3n) is 3.24. The second-order valence-electron chi connectivity index (χ2n) is 4.67. The zero-order chi connectivity index (χ0) is 14.8. The Kier molecular flexibility index (Phi) is 3.50. The minimum absolute atomic E-state index is 0.890. The molecule has 3 aromatic heterocycles. The van der Waals surface area contributed by atoms with Crippen LogP contribution in [0.15, 0.2) is 65.6 Å². The first kappa shape index (κ1) is 13.3. The topological polar surface area (TPSA) is 38.7 Å². The fourth-order valence-corrected chi connectivity index (χ4v) is 3.44. The average Bonchev–Trinajstić information content (AvgIpc) is 3.29. The highest BCUT2D eigenvalue weighted by Crippen LogP contribution is 2.31. The average molecular weight is 321 g/mol. The first-order valence-electron chi connectivity index (χ1n) is 6.77. The van der Waals surface area contributed by atoms with Crippen molar-refractivity contribution >= 4 is 22.7 Å². The molecule has 0 aliphatic heterocycles. The Labute approximate surface area is 136 Å². The lowest BCUT2D eigenvalue weighted by Crippen LogP contribution is -1.90. The summed E-state index contributed by atoms with van der Waals surface area (Å²) >= 11 is 3.19. The van der Waals surface area contributed by atoms with Crippen molar-refractivity contribution in [3.63, 3.8) is 0 Å². The van der Waals surface area contributed by atoms with E-state index in [0.717, 1.165) is 27.0 Å². The molecule has 0 aliphatic carbocycles. The number of benzene rings is 1. The van der Waals surface area contributed by atoms with Gasteiger partial charge in [-0.15, -0.1) is 22.7 Å². The van der Waals surface area contributed by atoms with Crippen LogP contribution >= 0.6 is 22.7 Å². The van der Waals surface area contributed by atoms with Crippen LogP contribution in [0.1, 0.15) is 0 Å². The van der Waals surface area contributed by atoms with Gasteiger partial charge in [0.2, 0.25) is 0 Å². The van der Waals surface area contributed by atoms with E-state index < -0.39 is 0 Å². The lowest BCUT2D eigenvalue weighted by atomic mass is 10.0. The van der Waals surface area contributed by atoms with Gasteiger partial charge >= 0.3 is 0 Å². The molecule has 106 valence electrons. The molecule has 0 saturated carbocycles. The predicted molar refractivity (Wildman–Crippen MR) is 91.9 cm³/mol. The Morgan fingerprint density at radius 2 is 1.27 bits per heavy atom. The lowest BCUT2D eigenvalue weighted by Gasteiger charge is -2.06. The smallest absolute Gasteiger partial charge is 0.141 e. The van der Waals surface area contributed by atoms with Crippen molar-refractivity contribution in [1.82, 2.24) is 15.0 Å². The number of hydrogen-bond donors (Lipinski definition) is 0. The highest BCUT2D eigenvalue weighted by atomic mass is 32.1. The highest BCUT2D eigenvalue weighted by Gasteiger charge is 2.11. The summed E-state index contributed by atoms with van der Waals surface area (Å²) in [5.74, 6) is 0. The Hall–Kier alpha value is -2.37. The maximum absolute atomic E-state index is 4.74. The van der Waals surface area contributed by atoms with E-state index in [0.29, 0.717) is 0 Å². The Morgan fingerprint density at radius 1 is 0.682 bits per heavy atom. The normalized spacial score (nSPS) is 10.7. The third kappa shape index (κ3) is 2.56. The largest absolute Gasteiger partial charge is 0.243 e. The number of rotatable bonds is 3.